The van der Waals surface area contributed by atoms with Gasteiger partial charge in [-0.25, -0.2) is 8.42 Å². The topological polar surface area (TPSA) is 71.3 Å². The van der Waals surface area contributed by atoms with Gasteiger partial charge in [0.1, 0.15) is 18.4 Å². The molecule has 0 fully saturated rings. The van der Waals surface area contributed by atoms with Gasteiger partial charge in [-0.1, -0.05) is 45.4 Å². The van der Waals surface area contributed by atoms with E-state index in [4.69, 9.17) is 4.74 Å². The standard InChI is InChI=1S/C25H38N2O4S.ClH/c1-19(2)15-26(16-20(3)4)17-23(28)18-27(22-9-11-24(31-6)12-10-22)32(29,30)25-13-7-21(5)8-14-25;/h7-14,19-20,23,28H,15-18H2,1-6H3;1H. The van der Waals surface area contributed by atoms with Gasteiger partial charge in [-0.15, -0.1) is 0 Å². The highest BCUT2D eigenvalue weighted by Gasteiger charge is 2.29. The molecule has 0 saturated heterocycles. The Kier molecular flexibility index (Phi) is 11.7. The first-order chi connectivity index (χ1) is 15.0. The van der Waals surface area contributed by atoms with Crippen LogP contribution >= 0.6 is 0 Å². The second kappa shape index (κ2) is 13.2. The Bertz CT molecular complexity index is 922. The molecule has 6 nitrogen and oxygen atoms in total. The van der Waals surface area contributed by atoms with Gasteiger partial charge in [0, 0.05) is 11.8 Å². The van der Waals surface area contributed by atoms with Crippen molar-refractivity contribution in [2.45, 2.75) is 45.6 Å². The van der Waals surface area contributed by atoms with Gasteiger partial charge in [-0.3, -0.25) is 4.31 Å². The lowest BCUT2D eigenvalue weighted by Crippen LogP contribution is -3.14. The predicted octanol–water partition coefficient (Wildman–Crippen LogP) is -0.239. The smallest absolute Gasteiger partial charge is 0.264 e. The zero-order chi connectivity index (χ0) is 23.9. The molecule has 0 aliphatic rings. The first-order valence-corrected chi connectivity index (χ1v) is 12.7. The van der Waals surface area contributed by atoms with Gasteiger partial charge in [-0.2, -0.15) is 0 Å². The molecule has 0 aliphatic carbocycles. The lowest BCUT2D eigenvalue weighted by atomic mass is 10.1. The number of aryl methyl sites for hydroxylation is 1. The highest BCUT2D eigenvalue weighted by Crippen LogP contribution is 2.26. The highest BCUT2D eigenvalue weighted by atomic mass is 35.5. The van der Waals surface area contributed by atoms with Gasteiger partial charge < -0.3 is 27.2 Å². The number of nitrogens with zero attached hydrogens (tertiary/aromatic N) is 1. The molecular formula is C25H39ClN2O4S. The maximum Gasteiger partial charge on any atom is 0.264 e. The Balaban J connectivity index is 0.00000544. The summed E-state index contributed by atoms with van der Waals surface area (Å²) >= 11 is 0. The number of rotatable bonds is 12. The van der Waals surface area contributed by atoms with Gasteiger partial charge in [-0.05, 0) is 43.3 Å². The van der Waals surface area contributed by atoms with E-state index in [1.54, 1.807) is 55.6 Å². The van der Waals surface area contributed by atoms with Crippen molar-refractivity contribution in [1.82, 2.24) is 0 Å². The van der Waals surface area contributed by atoms with Crippen LogP contribution in [0.5, 0.6) is 5.75 Å². The summed E-state index contributed by atoms with van der Waals surface area (Å²) in [5.74, 6) is 1.63. The molecular weight excluding hydrogens is 460 g/mol. The number of methoxy groups -OCH3 is 1. The van der Waals surface area contributed by atoms with E-state index in [2.05, 4.69) is 27.7 Å². The Morgan fingerprint density at radius 2 is 1.42 bits per heavy atom. The van der Waals surface area contributed by atoms with E-state index in [9.17, 15) is 13.5 Å². The first-order valence-electron chi connectivity index (χ1n) is 11.3. The van der Waals surface area contributed by atoms with E-state index in [0.29, 0.717) is 29.8 Å². The number of aliphatic hydroxyl groups is 1. The molecule has 2 rings (SSSR count). The summed E-state index contributed by atoms with van der Waals surface area (Å²) in [5, 5.41) is 11.0. The van der Waals surface area contributed by atoms with Gasteiger partial charge >= 0.3 is 0 Å². The third-order valence-electron chi connectivity index (χ3n) is 5.26. The second-order valence-electron chi connectivity index (χ2n) is 9.35. The Morgan fingerprint density at radius 1 is 0.909 bits per heavy atom. The number of nitrogens with one attached hydrogen (secondary N) is 1. The van der Waals surface area contributed by atoms with Crippen LogP contribution in [0.2, 0.25) is 0 Å². The van der Waals surface area contributed by atoms with Crippen LogP contribution in [0.4, 0.5) is 5.69 Å². The van der Waals surface area contributed by atoms with E-state index >= 15 is 0 Å². The van der Waals surface area contributed by atoms with Crippen LogP contribution in [0.25, 0.3) is 0 Å². The van der Waals surface area contributed by atoms with Crippen molar-refractivity contribution in [3.63, 3.8) is 0 Å². The fraction of sp³-hybridized carbons (Fsp3) is 0.520. The summed E-state index contributed by atoms with van der Waals surface area (Å²) in [6, 6.07) is 13.7. The van der Waals surface area contributed by atoms with E-state index in [1.165, 1.54) is 9.21 Å². The van der Waals surface area contributed by atoms with Crippen molar-refractivity contribution in [3.8, 4) is 5.75 Å². The third-order valence-corrected chi connectivity index (χ3v) is 7.07. The summed E-state index contributed by atoms with van der Waals surface area (Å²) in [6.07, 6.45) is -0.801. The molecule has 0 saturated carbocycles. The average molecular weight is 499 g/mol. The summed E-state index contributed by atoms with van der Waals surface area (Å²) in [7, 11) is -2.27. The van der Waals surface area contributed by atoms with Gasteiger partial charge in [0.05, 0.1) is 37.3 Å². The maximum absolute atomic E-state index is 13.6. The van der Waals surface area contributed by atoms with Crippen LogP contribution in [0, 0.1) is 18.8 Å². The number of ether oxygens (including phenoxy) is 1. The average Bonchev–Trinajstić information content (AvgIpc) is 2.71. The number of hydrogen-bond acceptors (Lipinski definition) is 4. The van der Waals surface area contributed by atoms with Crippen LogP contribution in [-0.2, 0) is 10.0 Å². The molecule has 0 aliphatic heterocycles. The SMILES string of the molecule is COc1ccc(N(CC(O)C[NH+](CC(C)C)CC(C)C)S(=O)(=O)c2ccc(C)cc2)cc1.[Cl-]. The van der Waals surface area contributed by atoms with Crippen molar-refractivity contribution in [1.29, 1.82) is 0 Å². The molecule has 8 heteroatoms. The van der Waals surface area contributed by atoms with E-state index < -0.39 is 16.1 Å². The molecule has 1 atom stereocenters. The minimum Gasteiger partial charge on any atom is -1.00 e. The van der Waals surface area contributed by atoms with Crippen molar-refractivity contribution in [2.75, 3.05) is 37.6 Å². The number of quaternary nitrogens is 1. The van der Waals surface area contributed by atoms with Crippen molar-refractivity contribution >= 4 is 15.7 Å². The monoisotopic (exact) mass is 498 g/mol. The van der Waals surface area contributed by atoms with E-state index in [1.807, 2.05) is 6.92 Å². The first kappa shape index (κ1) is 29.2. The third kappa shape index (κ3) is 8.81. The zero-order valence-corrected chi connectivity index (χ0v) is 22.2. The number of halogens is 1. The number of anilines is 1. The quantitative estimate of drug-likeness (QED) is 0.424. The van der Waals surface area contributed by atoms with Gasteiger partial charge in [0.2, 0.25) is 0 Å². The molecule has 0 amide bonds. The molecule has 0 aromatic heterocycles. The maximum atomic E-state index is 13.6. The molecule has 2 aromatic rings. The largest absolute Gasteiger partial charge is 1.00 e. The lowest BCUT2D eigenvalue weighted by Gasteiger charge is -2.30. The number of aliphatic hydroxyl groups excluding tert-OH is 1. The van der Waals surface area contributed by atoms with Crippen LogP contribution in [0.3, 0.4) is 0 Å². The van der Waals surface area contributed by atoms with Crippen LogP contribution in [0.1, 0.15) is 33.3 Å². The van der Waals surface area contributed by atoms with Crippen LogP contribution in [-0.4, -0.2) is 52.9 Å². The summed E-state index contributed by atoms with van der Waals surface area (Å²) < 4.78 is 33.6. The van der Waals surface area contributed by atoms with E-state index in [0.717, 1.165) is 18.7 Å². The number of benzene rings is 2. The van der Waals surface area contributed by atoms with Gasteiger partial charge in [0.25, 0.3) is 10.0 Å². The fourth-order valence-corrected chi connectivity index (χ4v) is 5.42. The molecule has 0 bridgehead atoms. The second-order valence-corrected chi connectivity index (χ2v) is 11.2. The Morgan fingerprint density at radius 3 is 1.88 bits per heavy atom. The van der Waals surface area contributed by atoms with E-state index in [-0.39, 0.29) is 23.8 Å². The predicted molar refractivity (Wildman–Crippen MR) is 130 cm³/mol. The normalized spacial score (nSPS) is 12.7. The van der Waals surface area contributed by atoms with Crippen molar-refractivity contribution in [3.05, 3.63) is 54.1 Å². The van der Waals surface area contributed by atoms with Crippen LogP contribution < -0.4 is 26.3 Å². The lowest BCUT2D eigenvalue weighted by molar-refractivity contribution is -0.909. The molecule has 2 aromatic carbocycles. The Labute approximate surface area is 206 Å². The van der Waals surface area contributed by atoms with Gasteiger partial charge in [0.15, 0.2) is 0 Å². The minimum absolute atomic E-state index is 0. The molecule has 0 spiro atoms. The van der Waals surface area contributed by atoms with Crippen molar-refractivity contribution in [2.24, 2.45) is 11.8 Å². The summed E-state index contributed by atoms with van der Waals surface area (Å²) in [5.41, 5.74) is 1.49. The van der Waals surface area contributed by atoms with Crippen LogP contribution in [0.15, 0.2) is 53.4 Å². The zero-order valence-electron chi connectivity index (χ0n) is 20.6. The molecule has 0 heterocycles. The fourth-order valence-electron chi connectivity index (χ4n) is 3.92. The summed E-state index contributed by atoms with van der Waals surface area (Å²) in [6.45, 7) is 12.9. The van der Waals surface area contributed by atoms with Crippen molar-refractivity contribution < 1.29 is 35.6 Å². The molecule has 186 valence electrons. The molecule has 2 N–H and O–H groups in total. The number of sulfonamides is 1. The number of hydrogen-bond donors (Lipinski definition) is 2. The summed E-state index contributed by atoms with van der Waals surface area (Å²) in [4.78, 5) is 1.49. The molecule has 1 unspecified atom stereocenters. The molecule has 33 heavy (non-hydrogen) atoms. The Hall–Kier alpha value is -1.80. The highest BCUT2D eigenvalue weighted by molar-refractivity contribution is 7.92. The molecule has 0 radical (unpaired) electrons. The minimum atomic E-state index is -3.84.